The largest absolute Gasteiger partial charge is 0.435 e. The van der Waals surface area contributed by atoms with Gasteiger partial charge in [0.05, 0.1) is 11.5 Å². The molecule has 2 aromatic rings. The number of alkyl halides is 2. The molecule has 2 aliphatic rings. The predicted octanol–water partition coefficient (Wildman–Crippen LogP) is 4.19. The lowest BCUT2D eigenvalue weighted by molar-refractivity contribution is -0.121. The van der Waals surface area contributed by atoms with Crippen LogP contribution in [0.2, 0.25) is 0 Å². The van der Waals surface area contributed by atoms with Gasteiger partial charge in [-0.15, -0.1) is 0 Å². The summed E-state index contributed by atoms with van der Waals surface area (Å²) in [5, 5.41) is 2.98. The second-order valence-electron chi connectivity index (χ2n) is 7.43. The topological polar surface area (TPSA) is 58.6 Å². The maximum absolute atomic E-state index is 13.2. The third-order valence-electron chi connectivity index (χ3n) is 5.90. The zero-order valence-corrected chi connectivity index (χ0v) is 16.0. The Morgan fingerprint density at radius 3 is 2.66 bits per heavy atom. The fraction of sp³-hybridized carbons (Fsp3) is 0.364. The first kappa shape index (κ1) is 19.4. The summed E-state index contributed by atoms with van der Waals surface area (Å²) in [6.45, 7) is -0.422. The van der Waals surface area contributed by atoms with Gasteiger partial charge in [0.15, 0.2) is 0 Å². The summed E-state index contributed by atoms with van der Waals surface area (Å²) in [4.78, 5) is 28.0. The normalized spacial score (nSPS) is 22.8. The molecule has 2 aromatic carbocycles. The highest BCUT2D eigenvalue weighted by molar-refractivity contribution is 6.08. The number of ether oxygens (including phenoxy) is 1. The molecule has 2 atom stereocenters. The Hall–Kier alpha value is -2.96. The Kier molecular flexibility index (Phi) is 4.98. The third kappa shape index (κ3) is 3.14. The average molecular weight is 400 g/mol. The molecular formula is C22H22F2N2O3. The predicted molar refractivity (Wildman–Crippen MR) is 104 cm³/mol. The number of halogens is 2. The van der Waals surface area contributed by atoms with E-state index in [9.17, 15) is 18.4 Å². The van der Waals surface area contributed by atoms with Crippen LogP contribution in [0.3, 0.4) is 0 Å². The van der Waals surface area contributed by atoms with Crippen LogP contribution in [-0.4, -0.2) is 35.9 Å². The van der Waals surface area contributed by atoms with Gasteiger partial charge < -0.3 is 15.0 Å². The zero-order chi connectivity index (χ0) is 20.6. The summed E-state index contributed by atoms with van der Waals surface area (Å²) in [7, 11) is 0. The highest BCUT2D eigenvalue weighted by atomic mass is 19.3. The average Bonchev–Trinajstić information content (AvgIpc) is 3.21. The second-order valence-corrected chi connectivity index (χ2v) is 7.43. The van der Waals surface area contributed by atoms with Gasteiger partial charge in [-0.25, -0.2) is 0 Å². The number of hydrogen-bond acceptors (Lipinski definition) is 3. The molecule has 2 amide bonds. The lowest BCUT2D eigenvalue weighted by atomic mass is 9.73. The van der Waals surface area contributed by atoms with Crippen molar-refractivity contribution in [2.45, 2.75) is 44.3 Å². The molecule has 0 aliphatic carbocycles. The molecule has 1 saturated heterocycles. The first-order valence-corrected chi connectivity index (χ1v) is 9.74. The van der Waals surface area contributed by atoms with Gasteiger partial charge in [0, 0.05) is 17.8 Å². The van der Waals surface area contributed by atoms with Gasteiger partial charge in [-0.05, 0) is 48.7 Å². The van der Waals surface area contributed by atoms with E-state index in [4.69, 9.17) is 0 Å². The maximum Gasteiger partial charge on any atom is 0.387 e. The number of nitrogens with one attached hydrogen (secondary N) is 1. The fourth-order valence-corrected chi connectivity index (χ4v) is 4.67. The number of amides is 2. The molecule has 0 unspecified atom stereocenters. The lowest BCUT2D eigenvalue weighted by Crippen LogP contribution is -2.48. The molecule has 0 saturated carbocycles. The van der Waals surface area contributed by atoms with Crippen molar-refractivity contribution in [2.75, 3.05) is 11.9 Å². The molecule has 1 N–H and O–H groups in total. The first-order chi connectivity index (χ1) is 14.0. The third-order valence-corrected chi connectivity index (χ3v) is 5.90. The standard InChI is InChI=1S/C22H22F2N2O3/c1-2-5-18-22(16-6-3-4-7-17(16)25-20(22)28)12-13-26(18)19(27)14-8-10-15(11-9-14)29-21(23)24/h3-4,6-11,18,21H,2,5,12-13H2,1H3,(H,25,28)/t18-,22+/m0/s1. The molecule has 2 heterocycles. The van der Waals surface area contributed by atoms with E-state index in [1.165, 1.54) is 24.3 Å². The summed E-state index contributed by atoms with van der Waals surface area (Å²) < 4.78 is 29.1. The van der Waals surface area contributed by atoms with Gasteiger partial charge in [-0.3, -0.25) is 9.59 Å². The number of fused-ring (bicyclic) bond motifs is 2. The van der Waals surface area contributed by atoms with E-state index in [0.29, 0.717) is 24.9 Å². The van der Waals surface area contributed by atoms with Crippen LogP contribution in [0.4, 0.5) is 14.5 Å². The molecule has 5 nitrogen and oxygen atoms in total. The molecule has 29 heavy (non-hydrogen) atoms. The zero-order valence-electron chi connectivity index (χ0n) is 16.0. The van der Waals surface area contributed by atoms with Crippen LogP contribution in [0.15, 0.2) is 48.5 Å². The van der Waals surface area contributed by atoms with Gasteiger partial charge in [0.1, 0.15) is 5.75 Å². The highest BCUT2D eigenvalue weighted by Crippen LogP contribution is 2.49. The minimum Gasteiger partial charge on any atom is -0.435 e. The summed E-state index contributed by atoms with van der Waals surface area (Å²) in [6.07, 6.45) is 2.08. The number of nitrogens with zero attached hydrogens (tertiary/aromatic N) is 1. The van der Waals surface area contributed by atoms with Crippen LogP contribution in [0, 0.1) is 0 Å². The smallest absolute Gasteiger partial charge is 0.387 e. The van der Waals surface area contributed by atoms with Crippen molar-refractivity contribution in [1.29, 1.82) is 0 Å². The molecule has 2 aliphatic heterocycles. The maximum atomic E-state index is 13.2. The van der Waals surface area contributed by atoms with Crippen LogP contribution in [-0.2, 0) is 10.2 Å². The van der Waals surface area contributed by atoms with Crippen molar-refractivity contribution in [3.63, 3.8) is 0 Å². The van der Waals surface area contributed by atoms with E-state index >= 15 is 0 Å². The van der Waals surface area contributed by atoms with Crippen molar-refractivity contribution >= 4 is 17.5 Å². The van der Waals surface area contributed by atoms with Crippen LogP contribution in [0.5, 0.6) is 5.75 Å². The number of carbonyl (C=O) groups is 2. The Labute approximate surface area is 167 Å². The molecule has 152 valence electrons. The quantitative estimate of drug-likeness (QED) is 0.819. The summed E-state index contributed by atoms with van der Waals surface area (Å²) in [5.41, 5.74) is 1.39. The van der Waals surface area contributed by atoms with Gasteiger partial charge in [-0.1, -0.05) is 31.5 Å². The molecule has 1 spiro atoms. The van der Waals surface area contributed by atoms with Crippen LogP contribution in [0.1, 0.15) is 42.1 Å². The van der Waals surface area contributed by atoms with E-state index in [0.717, 1.165) is 17.7 Å². The number of hydrogen-bond donors (Lipinski definition) is 1. The number of para-hydroxylation sites is 1. The molecule has 7 heteroatoms. The molecular weight excluding hydrogens is 378 g/mol. The SMILES string of the molecule is CCC[C@@H]1N(C(=O)c2ccc(OC(F)F)cc2)CC[C@]12C(=O)Nc1ccccc12. The Morgan fingerprint density at radius 1 is 1.24 bits per heavy atom. The molecule has 0 radical (unpaired) electrons. The lowest BCUT2D eigenvalue weighted by Gasteiger charge is -2.34. The van der Waals surface area contributed by atoms with Gasteiger partial charge in [0.25, 0.3) is 5.91 Å². The number of carbonyl (C=O) groups excluding carboxylic acids is 2. The summed E-state index contributed by atoms with van der Waals surface area (Å²) in [6, 6.07) is 13.1. The van der Waals surface area contributed by atoms with Gasteiger partial charge in [-0.2, -0.15) is 8.78 Å². The Bertz CT molecular complexity index is 932. The summed E-state index contributed by atoms with van der Waals surface area (Å²) >= 11 is 0. The second kappa shape index (κ2) is 7.46. The summed E-state index contributed by atoms with van der Waals surface area (Å²) in [5.74, 6) is -0.266. The van der Waals surface area contributed by atoms with E-state index < -0.39 is 12.0 Å². The van der Waals surface area contributed by atoms with Crippen LogP contribution >= 0.6 is 0 Å². The van der Waals surface area contributed by atoms with Crippen molar-refractivity contribution in [2.24, 2.45) is 0 Å². The van der Waals surface area contributed by atoms with E-state index in [-0.39, 0.29) is 23.6 Å². The monoisotopic (exact) mass is 400 g/mol. The van der Waals surface area contributed by atoms with E-state index in [2.05, 4.69) is 10.1 Å². The van der Waals surface area contributed by atoms with E-state index in [1.54, 1.807) is 4.90 Å². The molecule has 4 rings (SSSR count). The van der Waals surface area contributed by atoms with Crippen molar-refractivity contribution in [3.05, 3.63) is 59.7 Å². The van der Waals surface area contributed by atoms with Crippen LogP contribution in [0.25, 0.3) is 0 Å². The minimum absolute atomic E-state index is 0.00338. The Balaban J connectivity index is 1.65. The number of rotatable bonds is 5. The Morgan fingerprint density at radius 2 is 1.97 bits per heavy atom. The minimum atomic E-state index is -2.91. The molecule has 0 aromatic heterocycles. The number of anilines is 1. The first-order valence-electron chi connectivity index (χ1n) is 9.74. The van der Waals surface area contributed by atoms with Crippen molar-refractivity contribution < 1.29 is 23.1 Å². The number of likely N-dealkylation sites (tertiary alicyclic amines) is 1. The van der Waals surface area contributed by atoms with Crippen molar-refractivity contribution in [3.8, 4) is 5.75 Å². The van der Waals surface area contributed by atoms with Crippen molar-refractivity contribution in [1.82, 2.24) is 4.90 Å². The molecule has 0 bridgehead atoms. The molecule has 1 fully saturated rings. The number of benzene rings is 2. The highest BCUT2D eigenvalue weighted by Gasteiger charge is 2.58. The fourth-order valence-electron chi connectivity index (χ4n) is 4.67. The van der Waals surface area contributed by atoms with Crippen LogP contribution < -0.4 is 10.1 Å². The van der Waals surface area contributed by atoms with E-state index in [1.807, 2.05) is 31.2 Å². The van der Waals surface area contributed by atoms with Gasteiger partial charge in [0.2, 0.25) is 5.91 Å². The van der Waals surface area contributed by atoms with Gasteiger partial charge >= 0.3 is 6.61 Å².